The van der Waals surface area contributed by atoms with Gasteiger partial charge in [-0.15, -0.1) is 6.58 Å². The minimum atomic E-state index is -1.52. The van der Waals surface area contributed by atoms with Crippen LogP contribution in [0, 0.1) is 0 Å². The summed E-state index contributed by atoms with van der Waals surface area (Å²) in [4.78, 5) is 10.5. The molecule has 78 valence electrons. The Labute approximate surface area is 104 Å². The third-order valence-corrected chi connectivity index (χ3v) is 6.84. The Kier molecular flexibility index (Phi) is 9.48. The van der Waals surface area contributed by atoms with Gasteiger partial charge in [0.1, 0.15) is 0 Å². The maximum absolute atomic E-state index is 10.5. The number of benzene rings is 1. The van der Waals surface area contributed by atoms with E-state index in [1.807, 2.05) is 36.4 Å². The van der Waals surface area contributed by atoms with Gasteiger partial charge in [0, 0.05) is 0 Å². The molecule has 1 aromatic rings. The van der Waals surface area contributed by atoms with E-state index in [1.165, 1.54) is 10.00 Å². The summed E-state index contributed by atoms with van der Waals surface area (Å²) in [5, 5.41) is 0. The van der Waals surface area contributed by atoms with Crippen LogP contribution >= 0.6 is 0 Å². The molecule has 0 fully saturated rings. The first kappa shape index (κ1) is 14.4. The predicted octanol–water partition coefficient (Wildman–Crippen LogP) is 2.45. The van der Waals surface area contributed by atoms with E-state index in [2.05, 4.69) is 13.5 Å². The van der Waals surface area contributed by atoms with Crippen LogP contribution in [-0.4, -0.2) is 5.97 Å². The van der Waals surface area contributed by atoms with Crippen LogP contribution in [0.2, 0.25) is 0 Å². The molecule has 0 aromatic heterocycles. The molecule has 0 saturated carbocycles. The van der Waals surface area contributed by atoms with E-state index in [-0.39, 0.29) is 5.97 Å². The van der Waals surface area contributed by atoms with Gasteiger partial charge in [-0.05, 0) is 6.42 Å². The third kappa shape index (κ3) is 9.66. The van der Waals surface area contributed by atoms with Crippen LogP contribution in [0.5, 0.6) is 0 Å². The summed E-state index contributed by atoms with van der Waals surface area (Å²) < 4.78 is 6.25. The summed E-state index contributed by atoms with van der Waals surface area (Å²) in [6.07, 6.45) is 2.96. The van der Waals surface area contributed by atoms with Crippen molar-refractivity contribution in [3.8, 4) is 0 Å². The second kappa shape index (κ2) is 9.90. The Morgan fingerprint density at radius 1 is 1.47 bits per heavy atom. The van der Waals surface area contributed by atoms with Crippen molar-refractivity contribution in [1.29, 1.82) is 0 Å². The van der Waals surface area contributed by atoms with Crippen LogP contribution < -0.4 is 3.07 Å². The van der Waals surface area contributed by atoms with Gasteiger partial charge in [-0.2, -0.15) is 0 Å². The van der Waals surface area contributed by atoms with Crippen LogP contribution in [0.15, 0.2) is 43.0 Å². The molecule has 3 heteroatoms. The fraction of sp³-hybridized carbons (Fsp3) is 0.250. The molecule has 0 amide bonds. The van der Waals surface area contributed by atoms with Crippen molar-refractivity contribution in [2.24, 2.45) is 0 Å². The SMILES string of the molecule is C=CCC.CC(=O)[O][Hg][c]1ccccc1. The molecule has 0 heterocycles. The second-order valence-electron chi connectivity index (χ2n) is 2.96. The topological polar surface area (TPSA) is 26.3 Å². The van der Waals surface area contributed by atoms with Crippen molar-refractivity contribution in [3.63, 3.8) is 0 Å². The van der Waals surface area contributed by atoms with Gasteiger partial charge < -0.3 is 0 Å². The van der Waals surface area contributed by atoms with Crippen molar-refractivity contribution in [2.45, 2.75) is 20.3 Å². The molecule has 0 aliphatic heterocycles. The summed E-state index contributed by atoms with van der Waals surface area (Å²) >= 11 is -1.52. The molecule has 0 atom stereocenters. The Bertz CT molecular complexity index is 283. The zero-order chi connectivity index (χ0) is 11.5. The fourth-order valence-electron chi connectivity index (χ4n) is 0.759. The van der Waals surface area contributed by atoms with E-state index < -0.39 is 25.0 Å². The molecular weight excluding hydrogens is 377 g/mol. The molecule has 2 nitrogen and oxygen atoms in total. The fourth-order valence-corrected chi connectivity index (χ4v) is 4.00. The van der Waals surface area contributed by atoms with Gasteiger partial charge in [0.2, 0.25) is 0 Å². The minimum absolute atomic E-state index is 0.143. The molecule has 0 unspecified atom stereocenters. The van der Waals surface area contributed by atoms with E-state index in [1.54, 1.807) is 0 Å². The summed E-state index contributed by atoms with van der Waals surface area (Å²) in [5.74, 6) is -0.143. The average Bonchev–Trinajstić information content (AvgIpc) is 2.28. The Morgan fingerprint density at radius 2 is 2.00 bits per heavy atom. The molecule has 0 N–H and O–H groups in total. The number of hydrogen-bond acceptors (Lipinski definition) is 2. The first-order valence-corrected chi connectivity index (χ1v) is 9.98. The van der Waals surface area contributed by atoms with Crippen molar-refractivity contribution in [1.82, 2.24) is 0 Å². The molecule has 0 spiro atoms. The number of carbonyl (C=O) groups excluding carboxylic acids is 1. The van der Waals surface area contributed by atoms with Gasteiger partial charge in [0.15, 0.2) is 0 Å². The van der Waals surface area contributed by atoms with Gasteiger partial charge in [-0.3, -0.25) is 0 Å². The summed E-state index contributed by atoms with van der Waals surface area (Å²) in [5.41, 5.74) is 0. The molecule has 0 saturated heterocycles. The van der Waals surface area contributed by atoms with Crippen LogP contribution in [0.3, 0.4) is 0 Å². The summed E-state index contributed by atoms with van der Waals surface area (Å²) in [6.45, 7) is 7.00. The first-order chi connectivity index (χ1) is 7.20. The molecule has 1 rings (SSSR count). The molecule has 15 heavy (non-hydrogen) atoms. The number of hydrogen-bond donors (Lipinski definition) is 0. The van der Waals surface area contributed by atoms with Crippen molar-refractivity contribution in [3.05, 3.63) is 43.0 Å². The van der Waals surface area contributed by atoms with Crippen molar-refractivity contribution < 1.29 is 32.5 Å². The maximum atomic E-state index is 10.5. The number of rotatable bonds is 3. The monoisotopic (exact) mass is 394 g/mol. The number of allylic oxidation sites excluding steroid dienone is 1. The van der Waals surface area contributed by atoms with Gasteiger partial charge in [0.05, 0.1) is 0 Å². The quantitative estimate of drug-likeness (QED) is 0.583. The van der Waals surface area contributed by atoms with Crippen LogP contribution in [0.1, 0.15) is 20.3 Å². The van der Waals surface area contributed by atoms with Crippen molar-refractivity contribution >= 4 is 9.04 Å². The summed E-state index contributed by atoms with van der Waals surface area (Å²) in [6, 6.07) is 9.94. The van der Waals surface area contributed by atoms with E-state index in [0.717, 1.165) is 6.42 Å². The standard InChI is InChI=1S/C6H5.C4H8.C2H4O2.Hg/c1-2-4-6-5-3-1;1-3-4-2;1-2(3)4;/h1-5H;3H,1,4H2,2H3;1H3,(H,3,4);/q;;;+1/p-1. The van der Waals surface area contributed by atoms with Crippen LogP contribution in [0.4, 0.5) is 0 Å². The van der Waals surface area contributed by atoms with E-state index in [4.69, 9.17) is 2.64 Å². The second-order valence-corrected chi connectivity index (χ2v) is 8.38. The number of carbonyl (C=O) groups is 1. The molecule has 0 aliphatic rings. The zero-order valence-corrected chi connectivity index (χ0v) is 14.9. The Morgan fingerprint density at radius 3 is 2.40 bits per heavy atom. The zero-order valence-electron chi connectivity index (χ0n) is 9.40. The Hall–Kier alpha value is -0.635. The first-order valence-electron chi connectivity index (χ1n) is 4.98. The van der Waals surface area contributed by atoms with Gasteiger partial charge >= 0.3 is 78.8 Å². The average molecular weight is 393 g/mol. The van der Waals surface area contributed by atoms with E-state index in [9.17, 15) is 4.79 Å². The van der Waals surface area contributed by atoms with E-state index >= 15 is 0 Å². The van der Waals surface area contributed by atoms with Gasteiger partial charge in [0.25, 0.3) is 0 Å². The van der Waals surface area contributed by atoms with E-state index in [0.29, 0.717) is 0 Å². The molecule has 1 aromatic carbocycles. The molecule has 0 bridgehead atoms. The Balaban J connectivity index is 0.000000423. The summed E-state index contributed by atoms with van der Waals surface area (Å²) in [7, 11) is 0. The van der Waals surface area contributed by atoms with Crippen LogP contribution in [-0.2, 0) is 32.5 Å². The molecule has 0 radical (unpaired) electrons. The van der Waals surface area contributed by atoms with Crippen molar-refractivity contribution in [2.75, 3.05) is 0 Å². The predicted molar refractivity (Wildman–Crippen MR) is 58.3 cm³/mol. The third-order valence-electron chi connectivity index (χ3n) is 1.57. The molecule has 0 aliphatic carbocycles. The van der Waals surface area contributed by atoms with Crippen LogP contribution in [0.25, 0.3) is 0 Å². The normalized spacial score (nSPS) is 7.87. The van der Waals surface area contributed by atoms with Gasteiger partial charge in [-0.1, -0.05) is 13.0 Å². The molecular formula is C12H16HgO2. The van der Waals surface area contributed by atoms with Gasteiger partial charge in [-0.25, -0.2) is 0 Å².